The van der Waals surface area contributed by atoms with E-state index < -0.39 is 0 Å². The molecule has 0 spiro atoms. The van der Waals surface area contributed by atoms with Crippen LogP contribution < -0.4 is 14.8 Å². The molecule has 0 radical (unpaired) electrons. The van der Waals surface area contributed by atoms with Gasteiger partial charge >= 0.3 is 0 Å². The third-order valence-electron chi connectivity index (χ3n) is 7.04. The molecule has 0 aliphatic heterocycles. The SMILES string of the molecule is O=C(NCC1CC1)c1ccc(Oc2ccc(F)c3c2CCC3Oc2ccc(C3CC3)cc2)cc1. The molecule has 0 bridgehead atoms. The van der Waals surface area contributed by atoms with Gasteiger partial charge in [0, 0.05) is 23.2 Å². The molecule has 3 aliphatic rings. The van der Waals surface area contributed by atoms with E-state index in [-0.39, 0.29) is 17.8 Å². The Balaban J connectivity index is 1.15. The number of rotatable bonds is 8. The summed E-state index contributed by atoms with van der Waals surface area (Å²) in [5.74, 6) is 3.04. The van der Waals surface area contributed by atoms with Gasteiger partial charge in [-0.2, -0.15) is 0 Å². The van der Waals surface area contributed by atoms with Crippen LogP contribution in [0.2, 0.25) is 0 Å². The predicted octanol–water partition coefficient (Wildman–Crippen LogP) is 6.70. The summed E-state index contributed by atoms with van der Waals surface area (Å²) in [5.41, 5.74) is 3.40. The van der Waals surface area contributed by atoms with Gasteiger partial charge in [-0.25, -0.2) is 4.39 Å². The fraction of sp³-hybridized carbons (Fsp3) is 0.345. The van der Waals surface area contributed by atoms with Gasteiger partial charge in [-0.1, -0.05) is 12.1 Å². The molecule has 2 fully saturated rings. The first-order chi connectivity index (χ1) is 16.6. The number of hydrogen-bond acceptors (Lipinski definition) is 3. The van der Waals surface area contributed by atoms with Crippen LogP contribution in [0.25, 0.3) is 0 Å². The van der Waals surface area contributed by atoms with Crippen molar-refractivity contribution in [1.82, 2.24) is 5.32 Å². The summed E-state index contributed by atoms with van der Waals surface area (Å²) in [5, 5.41) is 2.97. The Morgan fingerprint density at radius 2 is 1.62 bits per heavy atom. The number of amides is 1. The van der Waals surface area contributed by atoms with Gasteiger partial charge in [0.15, 0.2) is 0 Å². The molecule has 3 aromatic carbocycles. The quantitative estimate of drug-likeness (QED) is 0.409. The number of nitrogens with one attached hydrogen (secondary N) is 1. The van der Waals surface area contributed by atoms with Crippen LogP contribution in [0.5, 0.6) is 17.2 Å². The van der Waals surface area contributed by atoms with Crippen molar-refractivity contribution in [2.75, 3.05) is 6.54 Å². The molecule has 2 saturated carbocycles. The molecule has 0 heterocycles. The first kappa shape index (κ1) is 21.2. The van der Waals surface area contributed by atoms with E-state index in [0.29, 0.717) is 47.3 Å². The number of ether oxygens (including phenoxy) is 2. The first-order valence-corrected chi connectivity index (χ1v) is 12.3. The number of fused-ring (bicyclic) bond motifs is 1. The lowest BCUT2D eigenvalue weighted by Gasteiger charge is -2.17. The molecule has 1 N–H and O–H groups in total. The van der Waals surface area contributed by atoms with E-state index in [1.807, 2.05) is 12.1 Å². The molecule has 3 aliphatic carbocycles. The Labute approximate surface area is 199 Å². The van der Waals surface area contributed by atoms with Crippen LogP contribution in [0.3, 0.4) is 0 Å². The summed E-state index contributed by atoms with van der Waals surface area (Å²) in [4.78, 5) is 12.3. The van der Waals surface area contributed by atoms with Gasteiger partial charge in [-0.05, 0) is 104 Å². The van der Waals surface area contributed by atoms with E-state index in [9.17, 15) is 9.18 Å². The predicted molar refractivity (Wildman–Crippen MR) is 128 cm³/mol. The number of hydrogen-bond donors (Lipinski definition) is 1. The molecule has 6 rings (SSSR count). The molecular formula is C29H28FNO3. The van der Waals surface area contributed by atoms with Crippen molar-refractivity contribution in [1.29, 1.82) is 0 Å². The van der Waals surface area contributed by atoms with Crippen LogP contribution in [-0.4, -0.2) is 12.5 Å². The molecule has 0 aromatic heterocycles. The minimum absolute atomic E-state index is 0.0636. The summed E-state index contributed by atoms with van der Waals surface area (Å²) in [6.07, 6.45) is 6.00. The number of carbonyl (C=O) groups is 1. The average molecular weight is 458 g/mol. The molecule has 3 aromatic rings. The first-order valence-electron chi connectivity index (χ1n) is 12.3. The topological polar surface area (TPSA) is 47.6 Å². The highest BCUT2D eigenvalue weighted by atomic mass is 19.1. The second kappa shape index (κ2) is 8.79. The minimum atomic E-state index is -0.331. The van der Waals surface area contributed by atoms with Crippen LogP contribution in [0.15, 0.2) is 60.7 Å². The highest BCUT2D eigenvalue weighted by Crippen LogP contribution is 2.43. The lowest BCUT2D eigenvalue weighted by Crippen LogP contribution is -2.25. The molecule has 5 heteroatoms. The Morgan fingerprint density at radius 3 is 2.32 bits per heavy atom. The van der Waals surface area contributed by atoms with Gasteiger partial charge in [0.2, 0.25) is 0 Å². The van der Waals surface area contributed by atoms with Gasteiger partial charge in [0.05, 0.1) is 0 Å². The third-order valence-corrected chi connectivity index (χ3v) is 7.04. The highest BCUT2D eigenvalue weighted by molar-refractivity contribution is 5.94. The smallest absolute Gasteiger partial charge is 0.251 e. The average Bonchev–Trinajstić information content (AvgIpc) is 3.79. The Hall–Kier alpha value is -3.34. The minimum Gasteiger partial charge on any atom is -0.486 e. The maximum atomic E-state index is 14.8. The lowest BCUT2D eigenvalue weighted by atomic mass is 10.1. The van der Waals surface area contributed by atoms with Crippen molar-refractivity contribution in [2.24, 2.45) is 5.92 Å². The zero-order valence-corrected chi connectivity index (χ0v) is 19.1. The largest absolute Gasteiger partial charge is 0.486 e. The van der Waals surface area contributed by atoms with Crippen molar-refractivity contribution in [3.8, 4) is 17.2 Å². The van der Waals surface area contributed by atoms with Gasteiger partial charge in [0.25, 0.3) is 5.91 Å². The van der Waals surface area contributed by atoms with E-state index >= 15 is 0 Å². The second-order valence-electron chi connectivity index (χ2n) is 9.71. The van der Waals surface area contributed by atoms with Crippen LogP contribution in [0, 0.1) is 11.7 Å². The van der Waals surface area contributed by atoms with E-state index in [0.717, 1.165) is 17.9 Å². The number of benzene rings is 3. The van der Waals surface area contributed by atoms with Gasteiger partial charge in [-0.3, -0.25) is 4.79 Å². The van der Waals surface area contributed by atoms with Gasteiger partial charge < -0.3 is 14.8 Å². The maximum Gasteiger partial charge on any atom is 0.251 e. The Bertz CT molecular complexity index is 1200. The molecule has 1 amide bonds. The Morgan fingerprint density at radius 1 is 0.882 bits per heavy atom. The van der Waals surface area contributed by atoms with Crippen LogP contribution in [0.4, 0.5) is 4.39 Å². The summed E-state index contributed by atoms with van der Waals surface area (Å²) in [6.45, 7) is 0.743. The highest BCUT2D eigenvalue weighted by Gasteiger charge is 2.31. The van der Waals surface area contributed by atoms with Gasteiger partial charge in [0.1, 0.15) is 29.2 Å². The third kappa shape index (κ3) is 4.52. The zero-order valence-electron chi connectivity index (χ0n) is 19.1. The van der Waals surface area contributed by atoms with Crippen LogP contribution in [0.1, 0.15) is 71.2 Å². The molecule has 1 unspecified atom stereocenters. The summed E-state index contributed by atoms with van der Waals surface area (Å²) < 4.78 is 27.1. The summed E-state index contributed by atoms with van der Waals surface area (Å²) in [6, 6.07) is 18.4. The van der Waals surface area contributed by atoms with Crippen molar-refractivity contribution in [2.45, 2.75) is 50.5 Å². The van der Waals surface area contributed by atoms with E-state index in [1.54, 1.807) is 30.3 Å². The lowest BCUT2D eigenvalue weighted by molar-refractivity contribution is 0.0952. The molecular weight excluding hydrogens is 429 g/mol. The van der Waals surface area contributed by atoms with E-state index in [4.69, 9.17) is 9.47 Å². The molecule has 1 atom stereocenters. The van der Waals surface area contributed by atoms with Crippen LogP contribution >= 0.6 is 0 Å². The van der Waals surface area contributed by atoms with Crippen LogP contribution in [-0.2, 0) is 6.42 Å². The molecule has 174 valence electrons. The number of carbonyl (C=O) groups excluding carboxylic acids is 1. The fourth-order valence-electron chi connectivity index (χ4n) is 4.72. The molecule has 4 nitrogen and oxygen atoms in total. The maximum absolute atomic E-state index is 14.8. The second-order valence-corrected chi connectivity index (χ2v) is 9.71. The van der Waals surface area contributed by atoms with Crippen molar-refractivity contribution in [3.05, 3.63) is 88.7 Å². The summed E-state index contributed by atoms with van der Waals surface area (Å²) >= 11 is 0. The standard InChI is InChI=1S/C29H28FNO3/c30-25-14-16-26(33-22-11-7-21(8-12-22)29(32)31-17-18-1-2-18)24-13-15-27(28(24)25)34-23-9-5-20(6-10-23)19-3-4-19/h5-12,14,16,18-19,27H,1-4,13,15,17H2,(H,31,32). The van der Waals surface area contributed by atoms with Crippen molar-refractivity contribution < 1.29 is 18.7 Å². The number of halogens is 1. The molecule has 34 heavy (non-hydrogen) atoms. The normalized spacial score (nSPS) is 18.9. The monoisotopic (exact) mass is 457 g/mol. The fourth-order valence-corrected chi connectivity index (χ4v) is 4.72. The molecule has 0 saturated heterocycles. The van der Waals surface area contributed by atoms with Crippen molar-refractivity contribution >= 4 is 5.91 Å². The van der Waals surface area contributed by atoms with Crippen molar-refractivity contribution in [3.63, 3.8) is 0 Å². The van der Waals surface area contributed by atoms with E-state index in [2.05, 4.69) is 17.4 Å². The van der Waals surface area contributed by atoms with Gasteiger partial charge in [-0.15, -0.1) is 0 Å². The Kier molecular flexibility index (Phi) is 5.48. The van der Waals surface area contributed by atoms with E-state index in [1.165, 1.54) is 37.3 Å². The zero-order chi connectivity index (χ0) is 23.1. The summed E-state index contributed by atoms with van der Waals surface area (Å²) in [7, 11) is 0.